The molecule has 0 aromatic carbocycles. The number of sulfonamides is 1. The zero-order valence-corrected chi connectivity index (χ0v) is 10.5. The summed E-state index contributed by atoms with van der Waals surface area (Å²) in [4.78, 5) is 17.2. The third-order valence-electron chi connectivity index (χ3n) is 2.70. The molecule has 1 saturated heterocycles. The maximum Gasteiger partial charge on any atom is 0.228 e. The maximum absolute atomic E-state index is 11.8. The van der Waals surface area contributed by atoms with Crippen LogP contribution in [0, 0.1) is 5.92 Å². The van der Waals surface area contributed by atoms with Crippen LogP contribution in [0.15, 0.2) is 29.3 Å². The van der Waals surface area contributed by atoms with E-state index < -0.39 is 10.0 Å². The molecule has 1 atom stereocenters. The highest BCUT2D eigenvalue weighted by Gasteiger charge is 2.34. The van der Waals surface area contributed by atoms with Gasteiger partial charge in [-0.25, -0.2) is 18.5 Å². The molecule has 2 heterocycles. The third kappa shape index (κ3) is 2.96. The lowest BCUT2D eigenvalue weighted by Gasteiger charge is -2.22. The van der Waals surface area contributed by atoms with E-state index >= 15 is 0 Å². The van der Waals surface area contributed by atoms with E-state index in [1.165, 1.54) is 11.1 Å². The topological polar surface area (TPSA) is 105 Å². The van der Waals surface area contributed by atoms with Crippen LogP contribution in [0.5, 0.6) is 0 Å². The molecule has 98 valence electrons. The van der Waals surface area contributed by atoms with Crippen molar-refractivity contribution >= 4 is 22.1 Å². The zero-order chi connectivity index (χ0) is 13.3. The van der Waals surface area contributed by atoms with Gasteiger partial charge in [0, 0.05) is 25.1 Å². The number of nitrogens with two attached hydrogens (primary N) is 1. The summed E-state index contributed by atoms with van der Waals surface area (Å²) in [6.07, 6.45) is 3.36. The first-order valence-corrected chi connectivity index (χ1v) is 7.08. The second-order valence-electron chi connectivity index (χ2n) is 4.31. The Hall–Kier alpha value is -1.67. The van der Waals surface area contributed by atoms with Gasteiger partial charge in [-0.2, -0.15) is 0 Å². The molecule has 0 aromatic rings. The standard InChI is InChI=1S/C10H14N4O3S/c1-7-12-3-2-9(13-7)14-5-8(4-10(14)15)6-18(11,16)17/h2-3,8,13H,1,4-6H2,(H2,11,16,17). The van der Waals surface area contributed by atoms with E-state index in [9.17, 15) is 13.2 Å². The lowest BCUT2D eigenvalue weighted by molar-refractivity contribution is -0.126. The van der Waals surface area contributed by atoms with Crippen LogP contribution < -0.4 is 10.5 Å². The smallest absolute Gasteiger partial charge is 0.228 e. The van der Waals surface area contributed by atoms with Crippen molar-refractivity contribution in [1.29, 1.82) is 0 Å². The fraction of sp³-hybridized carbons (Fsp3) is 0.400. The number of hydrogen-bond donors (Lipinski definition) is 2. The van der Waals surface area contributed by atoms with E-state index in [1.54, 1.807) is 6.08 Å². The first kappa shape index (κ1) is 12.8. The Labute approximate surface area is 105 Å². The average molecular weight is 270 g/mol. The number of likely N-dealkylation sites (tertiary alicyclic amines) is 1. The molecule has 2 aliphatic rings. The molecule has 0 spiro atoms. The summed E-state index contributed by atoms with van der Waals surface area (Å²) in [7, 11) is -3.56. The predicted octanol–water partition coefficient (Wildman–Crippen LogP) is -0.890. The molecule has 7 nitrogen and oxygen atoms in total. The first-order valence-electron chi connectivity index (χ1n) is 5.36. The van der Waals surface area contributed by atoms with Gasteiger partial charge in [-0.05, 0) is 6.08 Å². The lowest BCUT2D eigenvalue weighted by atomic mass is 10.1. The minimum absolute atomic E-state index is 0.134. The molecule has 1 amide bonds. The molecular formula is C10H14N4O3S. The molecule has 8 heteroatoms. The third-order valence-corrected chi connectivity index (χ3v) is 3.64. The molecule has 3 N–H and O–H groups in total. The van der Waals surface area contributed by atoms with E-state index in [0.717, 1.165) is 0 Å². The monoisotopic (exact) mass is 270 g/mol. The minimum atomic E-state index is -3.56. The van der Waals surface area contributed by atoms with Crippen molar-refractivity contribution in [2.24, 2.45) is 16.0 Å². The number of rotatable bonds is 3. The molecule has 0 saturated carbocycles. The van der Waals surface area contributed by atoms with Gasteiger partial charge in [-0.1, -0.05) is 6.58 Å². The highest BCUT2D eigenvalue weighted by molar-refractivity contribution is 7.89. The molecule has 0 bridgehead atoms. The quantitative estimate of drug-likeness (QED) is 0.694. The Morgan fingerprint density at radius 2 is 2.33 bits per heavy atom. The number of allylic oxidation sites excluding steroid dienone is 1. The van der Waals surface area contributed by atoms with Crippen molar-refractivity contribution in [2.45, 2.75) is 6.42 Å². The average Bonchev–Trinajstić information content (AvgIpc) is 2.56. The normalized spacial score (nSPS) is 24.2. The van der Waals surface area contributed by atoms with Crippen molar-refractivity contribution in [3.05, 3.63) is 24.3 Å². The fourth-order valence-electron chi connectivity index (χ4n) is 2.03. The molecule has 1 unspecified atom stereocenters. The van der Waals surface area contributed by atoms with Crippen LogP contribution in [0.25, 0.3) is 0 Å². The summed E-state index contributed by atoms with van der Waals surface area (Å²) in [5.41, 5.74) is 0. The molecular weight excluding hydrogens is 256 g/mol. The summed E-state index contributed by atoms with van der Waals surface area (Å²) in [6, 6.07) is 0. The fourth-order valence-corrected chi connectivity index (χ4v) is 2.91. The summed E-state index contributed by atoms with van der Waals surface area (Å²) in [5, 5.41) is 7.85. The molecule has 0 aliphatic carbocycles. The van der Waals surface area contributed by atoms with Gasteiger partial charge < -0.3 is 5.32 Å². The van der Waals surface area contributed by atoms with Gasteiger partial charge in [0.05, 0.1) is 5.75 Å². The minimum Gasteiger partial charge on any atom is -0.327 e. The van der Waals surface area contributed by atoms with E-state index in [4.69, 9.17) is 5.14 Å². The van der Waals surface area contributed by atoms with E-state index in [-0.39, 0.29) is 24.0 Å². The van der Waals surface area contributed by atoms with Crippen LogP contribution in [-0.2, 0) is 14.8 Å². The lowest BCUT2D eigenvalue weighted by Crippen LogP contribution is -2.34. The molecule has 1 fully saturated rings. The highest BCUT2D eigenvalue weighted by atomic mass is 32.2. The van der Waals surface area contributed by atoms with Gasteiger partial charge in [0.1, 0.15) is 11.6 Å². The number of aliphatic imine (C=N–C) groups is 1. The van der Waals surface area contributed by atoms with Gasteiger partial charge in [0.25, 0.3) is 0 Å². The van der Waals surface area contributed by atoms with Crippen molar-refractivity contribution < 1.29 is 13.2 Å². The summed E-state index contributed by atoms with van der Waals surface area (Å²) >= 11 is 0. The number of primary sulfonamides is 1. The Bertz CT molecular complexity index is 549. The van der Waals surface area contributed by atoms with Crippen molar-refractivity contribution in [2.75, 3.05) is 12.3 Å². The molecule has 2 rings (SSSR count). The number of hydrogen-bond acceptors (Lipinski definition) is 5. The Kier molecular flexibility index (Phi) is 3.22. The second kappa shape index (κ2) is 4.54. The van der Waals surface area contributed by atoms with Crippen LogP contribution >= 0.6 is 0 Å². The van der Waals surface area contributed by atoms with Gasteiger partial charge in [-0.3, -0.25) is 9.69 Å². The number of carbonyl (C=O) groups is 1. The summed E-state index contributed by atoms with van der Waals surface area (Å²) in [5.74, 6) is 0.414. The van der Waals surface area contributed by atoms with Crippen LogP contribution in [0.4, 0.5) is 0 Å². The predicted molar refractivity (Wildman–Crippen MR) is 66.6 cm³/mol. The Morgan fingerprint density at radius 3 is 2.94 bits per heavy atom. The number of nitrogens with one attached hydrogen (secondary N) is 1. The second-order valence-corrected chi connectivity index (χ2v) is 5.96. The molecule has 18 heavy (non-hydrogen) atoms. The summed E-state index contributed by atoms with van der Waals surface area (Å²) < 4.78 is 22.0. The molecule has 0 radical (unpaired) electrons. The van der Waals surface area contributed by atoms with Crippen LogP contribution in [0.2, 0.25) is 0 Å². The Balaban J connectivity index is 2.08. The maximum atomic E-state index is 11.8. The van der Waals surface area contributed by atoms with Gasteiger partial charge in [0.2, 0.25) is 15.9 Å². The van der Waals surface area contributed by atoms with Crippen molar-refractivity contribution in [3.8, 4) is 0 Å². The number of nitrogens with zero attached hydrogens (tertiary/aromatic N) is 2. The van der Waals surface area contributed by atoms with Crippen LogP contribution in [0.3, 0.4) is 0 Å². The van der Waals surface area contributed by atoms with E-state index in [2.05, 4.69) is 16.9 Å². The summed E-state index contributed by atoms with van der Waals surface area (Å²) in [6.45, 7) is 3.96. The van der Waals surface area contributed by atoms with Gasteiger partial charge in [-0.15, -0.1) is 0 Å². The Morgan fingerprint density at radius 1 is 1.61 bits per heavy atom. The number of amides is 1. The largest absolute Gasteiger partial charge is 0.327 e. The first-order chi connectivity index (χ1) is 8.35. The van der Waals surface area contributed by atoms with Gasteiger partial charge in [0.15, 0.2) is 0 Å². The van der Waals surface area contributed by atoms with E-state index in [0.29, 0.717) is 18.2 Å². The highest BCUT2D eigenvalue weighted by Crippen LogP contribution is 2.22. The van der Waals surface area contributed by atoms with E-state index in [1.807, 2.05) is 0 Å². The van der Waals surface area contributed by atoms with Crippen molar-refractivity contribution in [1.82, 2.24) is 10.2 Å². The van der Waals surface area contributed by atoms with Crippen LogP contribution in [0.1, 0.15) is 6.42 Å². The van der Waals surface area contributed by atoms with Crippen LogP contribution in [-0.4, -0.2) is 37.7 Å². The SMILES string of the molecule is C=C1N=CC=C(N2CC(CS(N)(=O)=O)CC2=O)N1. The molecule has 2 aliphatic heterocycles. The van der Waals surface area contributed by atoms with Gasteiger partial charge >= 0.3 is 0 Å². The van der Waals surface area contributed by atoms with Crippen molar-refractivity contribution in [3.63, 3.8) is 0 Å². The number of carbonyl (C=O) groups excluding carboxylic acids is 1. The zero-order valence-electron chi connectivity index (χ0n) is 9.67. The molecule has 0 aromatic heterocycles.